The van der Waals surface area contributed by atoms with Gasteiger partial charge in [-0.05, 0) is 247 Å². The van der Waals surface area contributed by atoms with Gasteiger partial charge < -0.3 is 9.52 Å². The van der Waals surface area contributed by atoms with Gasteiger partial charge in [0, 0.05) is 51.8 Å². The molecule has 0 atom stereocenters. The third kappa shape index (κ3) is 12.8. The van der Waals surface area contributed by atoms with Crippen LogP contribution in [0.5, 0.6) is 5.75 Å². The molecule has 594 valence electrons. The Kier molecular flexibility index (Phi) is 18.1. The molecular formula is C120H70N4O2S2. The van der Waals surface area contributed by atoms with Crippen LogP contribution < -0.4 is 0 Å². The average Bonchev–Trinajstić information content (AvgIpc) is 1.30. The number of furan rings is 1. The van der Waals surface area contributed by atoms with Crippen molar-refractivity contribution in [2.24, 2.45) is 0 Å². The van der Waals surface area contributed by atoms with Crippen molar-refractivity contribution in [2.45, 2.75) is 0 Å². The number of hydrogen-bond donors (Lipinski definition) is 1. The summed E-state index contributed by atoms with van der Waals surface area (Å²) >= 11 is 3.58. The first kappa shape index (κ1) is 75.1. The van der Waals surface area contributed by atoms with E-state index in [2.05, 4.69) is 362 Å². The molecule has 4 heterocycles. The highest BCUT2D eigenvalue weighted by Gasteiger charge is 2.23. The maximum absolute atomic E-state index is 10.5. The van der Waals surface area contributed by atoms with Gasteiger partial charge in [-0.3, -0.25) is 0 Å². The number of phenolic OH excluding ortho intramolecular Hbond substituents is 1. The van der Waals surface area contributed by atoms with Crippen molar-refractivity contribution in [1.82, 2.24) is 9.97 Å². The zero-order valence-corrected chi connectivity index (χ0v) is 70.4. The highest BCUT2D eigenvalue weighted by atomic mass is 32.1. The molecule has 0 aliphatic rings. The fraction of sp³-hybridized carbons (Fsp3) is 0. The Morgan fingerprint density at radius 3 is 0.992 bits per heavy atom. The summed E-state index contributed by atoms with van der Waals surface area (Å²) in [5, 5.41) is 39.3. The van der Waals surface area contributed by atoms with Crippen LogP contribution in [0.3, 0.4) is 0 Å². The fourth-order valence-electron chi connectivity index (χ4n) is 19.5. The molecule has 0 saturated heterocycles. The number of benzene rings is 22. The first-order valence-electron chi connectivity index (χ1n) is 42.8. The van der Waals surface area contributed by atoms with Gasteiger partial charge in [0.05, 0.1) is 24.5 Å². The summed E-state index contributed by atoms with van der Waals surface area (Å²) in [5.74, 6) is 0.842. The number of aromatic nitrogens is 2. The number of hydrogen-bond acceptors (Lipinski definition) is 6. The van der Waals surface area contributed by atoms with E-state index in [4.69, 9.17) is 27.5 Å². The van der Waals surface area contributed by atoms with Gasteiger partial charge in [-0.2, -0.15) is 0 Å². The van der Waals surface area contributed by atoms with Gasteiger partial charge in [-0.15, -0.1) is 22.7 Å². The number of fused-ring (bicyclic) bond motifs is 24. The lowest BCUT2D eigenvalue weighted by molar-refractivity contribution is 0.469. The molecule has 4 aromatic heterocycles. The molecule has 0 amide bonds. The normalized spacial score (nSPS) is 11.6. The summed E-state index contributed by atoms with van der Waals surface area (Å²) in [7, 11) is 0. The SMILES string of the molecule is Oc1cccc2c1oc1c(-c3ccc(-c4cc5c6ccccc6c(-c6nc(-c7ccccc7)cc(-c7ccccc7)n6)cc5c5ccccc45)cc3)cccc12.[C-]#[N+]c1ccc2sc3ccc(-c4cc5c6ccccc6c(-c6ccccc6)cc5c5ccccc45)cc3c2c1.[C-]#[N+]c1ccc2sc3ccc(-c4cc5c6ccccc6ccc5c5ccccc45)cc3c2c1. The lowest BCUT2D eigenvalue weighted by Crippen LogP contribution is -1.97. The van der Waals surface area contributed by atoms with Crippen molar-refractivity contribution in [3.63, 3.8) is 0 Å². The Bertz CT molecular complexity index is 9120. The van der Waals surface area contributed by atoms with Crippen LogP contribution in [0.2, 0.25) is 0 Å². The molecule has 22 aromatic carbocycles. The van der Waals surface area contributed by atoms with Crippen LogP contribution in [0.1, 0.15) is 0 Å². The van der Waals surface area contributed by atoms with Crippen LogP contribution in [0, 0.1) is 13.1 Å². The summed E-state index contributed by atoms with van der Waals surface area (Å²) in [4.78, 5) is 17.8. The minimum Gasteiger partial charge on any atom is -0.504 e. The second-order valence-electron chi connectivity index (χ2n) is 32.7. The lowest BCUT2D eigenvalue weighted by Gasteiger charge is -2.16. The van der Waals surface area contributed by atoms with Crippen molar-refractivity contribution in [3.05, 3.63) is 441 Å². The van der Waals surface area contributed by atoms with Gasteiger partial charge in [0.1, 0.15) is 5.58 Å². The average molecular weight is 1660 g/mol. The van der Waals surface area contributed by atoms with Crippen LogP contribution in [0.25, 0.3) is 258 Å². The molecule has 0 radical (unpaired) electrons. The number of nitrogens with zero attached hydrogens (tertiary/aromatic N) is 4. The summed E-state index contributed by atoms with van der Waals surface area (Å²) in [6.07, 6.45) is 0. The highest BCUT2D eigenvalue weighted by molar-refractivity contribution is 7.26. The molecule has 1 N–H and O–H groups in total. The van der Waals surface area contributed by atoms with E-state index in [0.29, 0.717) is 22.8 Å². The van der Waals surface area contributed by atoms with E-state index >= 15 is 0 Å². The molecule has 0 saturated carbocycles. The van der Waals surface area contributed by atoms with E-state index < -0.39 is 0 Å². The number of thiophene rings is 2. The molecule has 8 heteroatoms. The molecule has 0 spiro atoms. The first-order valence-corrected chi connectivity index (χ1v) is 44.5. The van der Waals surface area contributed by atoms with Crippen molar-refractivity contribution in [2.75, 3.05) is 0 Å². The number of para-hydroxylation sites is 2. The predicted octanol–water partition coefficient (Wildman–Crippen LogP) is 35.0. The van der Waals surface area contributed by atoms with E-state index in [1.54, 1.807) is 28.7 Å². The summed E-state index contributed by atoms with van der Waals surface area (Å²) in [6, 6.07) is 148. The van der Waals surface area contributed by atoms with Gasteiger partial charge >= 0.3 is 0 Å². The fourth-order valence-corrected chi connectivity index (χ4v) is 21.6. The van der Waals surface area contributed by atoms with Crippen LogP contribution in [-0.2, 0) is 0 Å². The standard InChI is InChI=1S/C52H32N2O2.C37H21NS.C31H17NS/c55-49-24-12-23-42-41-22-11-21-36(50(41)56-51(42)49)32-25-27-33(28-26-32)43-29-44-39-19-9-10-20-40(39)46(30-45(44)38-18-8-7-17-37(38)43)52-53-47(34-13-3-1-4-14-34)31-48(54-52)35-15-5-2-6-16-35;1-38-25-16-18-37-35(20-25)34-19-24(15-17-36(34)39-37)31-22-33-28-13-7-5-11-26(28)30(23-9-3-2-4-10-23)21-32(33)29-14-8-6-12-27(29)31;1-32-21-12-15-31-29(17-21)28-16-20(11-14-30(28)33-31)26-18-27-22-7-3-2-6-19(22)10-13-25(27)23-8-4-5-9-24(23)26/h1-31,55H;2-22H;2-18H. The number of aromatic hydroxyl groups is 1. The monoisotopic (exact) mass is 1660 g/mol. The maximum Gasteiger partial charge on any atom is 0.187 e. The third-order valence-corrected chi connectivity index (χ3v) is 27.8. The Hall–Kier alpha value is -16.7. The second kappa shape index (κ2) is 31.0. The molecule has 6 nitrogen and oxygen atoms in total. The Balaban J connectivity index is 0.000000111. The minimum absolute atomic E-state index is 0.146. The Morgan fingerprint density at radius 1 is 0.211 bits per heavy atom. The van der Waals surface area contributed by atoms with Gasteiger partial charge in [0.15, 0.2) is 28.5 Å². The van der Waals surface area contributed by atoms with E-state index in [-0.39, 0.29) is 5.75 Å². The zero-order valence-electron chi connectivity index (χ0n) is 68.8. The number of rotatable bonds is 8. The van der Waals surface area contributed by atoms with Crippen LogP contribution in [0.4, 0.5) is 11.4 Å². The van der Waals surface area contributed by atoms with Crippen molar-refractivity contribution < 1.29 is 9.52 Å². The highest BCUT2D eigenvalue weighted by Crippen LogP contribution is 2.49. The molecule has 0 bridgehead atoms. The summed E-state index contributed by atoms with van der Waals surface area (Å²) in [5.41, 5.74) is 19.2. The summed E-state index contributed by atoms with van der Waals surface area (Å²) < 4.78 is 11.2. The Labute approximate surface area is 743 Å². The molecular weight excluding hydrogens is 1590 g/mol. The third-order valence-electron chi connectivity index (χ3n) is 25.5. The topological polar surface area (TPSA) is 67.9 Å². The molecule has 0 fully saturated rings. The van der Waals surface area contributed by atoms with Crippen molar-refractivity contribution in [3.8, 4) is 95.3 Å². The molecule has 0 unspecified atom stereocenters. The smallest absolute Gasteiger partial charge is 0.187 e. The van der Waals surface area contributed by atoms with Gasteiger partial charge in [-0.1, -0.05) is 340 Å². The predicted molar refractivity (Wildman–Crippen MR) is 543 cm³/mol. The van der Waals surface area contributed by atoms with Gasteiger partial charge in [0.25, 0.3) is 0 Å². The minimum atomic E-state index is 0.146. The quantitative estimate of drug-likeness (QED) is 0.122. The van der Waals surface area contributed by atoms with E-state index in [0.717, 1.165) is 88.2 Å². The molecule has 26 rings (SSSR count). The largest absolute Gasteiger partial charge is 0.504 e. The zero-order chi connectivity index (χ0) is 85.0. The van der Waals surface area contributed by atoms with E-state index in [9.17, 15) is 5.11 Å². The maximum atomic E-state index is 10.5. The lowest BCUT2D eigenvalue weighted by atomic mass is 9.87. The van der Waals surface area contributed by atoms with Crippen LogP contribution in [0.15, 0.2) is 423 Å². The number of phenols is 1. The second-order valence-corrected chi connectivity index (χ2v) is 34.9. The van der Waals surface area contributed by atoms with Crippen molar-refractivity contribution >= 4 is 193 Å². The van der Waals surface area contributed by atoms with E-state index in [1.165, 1.54) is 149 Å². The Morgan fingerprint density at radius 2 is 0.531 bits per heavy atom. The molecule has 0 aliphatic heterocycles. The van der Waals surface area contributed by atoms with E-state index in [1.807, 2.05) is 60.7 Å². The van der Waals surface area contributed by atoms with Gasteiger partial charge in [0.2, 0.25) is 0 Å². The molecule has 0 aliphatic carbocycles. The van der Waals surface area contributed by atoms with Gasteiger partial charge in [-0.25, -0.2) is 19.7 Å². The van der Waals surface area contributed by atoms with Crippen LogP contribution >= 0.6 is 22.7 Å². The van der Waals surface area contributed by atoms with Crippen LogP contribution in [-0.4, -0.2) is 15.1 Å². The first-order chi connectivity index (χ1) is 63.3. The van der Waals surface area contributed by atoms with Crippen molar-refractivity contribution in [1.29, 1.82) is 0 Å². The molecule has 128 heavy (non-hydrogen) atoms. The summed E-state index contributed by atoms with van der Waals surface area (Å²) in [6.45, 7) is 14.9. The molecule has 26 aromatic rings.